The molecule has 4 rings (SSSR count). The summed E-state index contributed by atoms with van der Waals surface area (Å²) in [5.41, 5.74) is 0.818. The van der Waals surface area contributed by atoms with Crippen LogP contribution in [-0.2, 0) is 16.3 Å². The normalized spacial score (nSPS) is 11.5. The number of nitrogens with zero attached hydrogens (tertiary/aromatic N) is 1. The minimum atomic E-state index is -2.72. The second-order valence-electron chi connectivity index (χ2n) is 5.69. The maximum atomic E-state index is 13.8. The Kier molecular flexibility index (Phi) is 4.12. The van der Waals surface area contributed by atoms with Crippen molar-refractivity contribution in [3.05, 3.63) is 96.8 Å². The molecule has 0 spiro atoms. The molecule has 0 saturated carbocycles. The van der Waals surface area contributed by atoms with E-state index in [1.165, 1.54) is 0 Å². The number of rotatable bonds is 4. The first-order valence-corrected chi connectivity index (χ1v) is 9.58. The maximum absolute atomic E-state index is 13.8. The maximum Gasteiger partial charge on any atom is 0.134 e. The third-order valence-electron chi connectivity index (χ3n) is 4.00. The predicted octanol–water partition coefficient (Wildman–Crippen LogP) is 5.52. The van der Waals surface area contributed by atoms with Crippen molar-refractivity contribution < 1.29 is 8.63 Å². The number of para-hydroxylation sites is 1. The number of fused-ring (bicyclic) bond motifs is 1. The highest BCUT2D eigenvalue weighted by Crippen LogP contribution is 2.25. The summed E-state index contributed by atoms with van der Waals surface area (Å²) in [6.07, 6.45) is 0. The van der Waals surface area contributed by atoms with E-state index < -0.39 is 9.73 Å². The first-order chi connectivity index (χ1) is 12.3. The highest BCUT2D eigenvalue weighted by molar-refractivity contribution is 7.93. The smallest absolute Gasteiger partial charge is 0.134 e. The van der Waals surface area contributed by atoms with Crippen LogP contribution in [0.4, 0.5) is 0 Å². The summed E-state index contributed by atoms with van der Waals surface area (Å²) in [7, 11) is -2.72. The van der Waals surface area contributed by atoms with Gasteiger partial charge in [-0.1, -0.05) is 54.6 Å². The first-order valence-electron chi connectivity index (χ1n) is 8.06. The number of hydrogen-bond acceptors (Lipinski definition) is 3. The molecule has 4 aromatic rings. The zero-order valence-corrected chi connectivity index (χ0v) is 14.4. The monoisotopic (exact) mass is 347 g/mol. The third kappa shape index (κ3) is 3.08. The zero-order valence-electron chi connectivity index (χ0n) is 13.5. The van der Waals surface area contributed by atoms with Gasteiger partial charge in [0.1, 0.15) is 27.6 Å². The van der Waals surface area contributed by atoms with Crippen LogP contribution < -0.4 is 0 Å². The Bertz CT molecular complexity index is 1030. The van der Waals surface area contributed by atoms with Gasteiger partial charge in [-0.15, -0.1) is 0 Å². The predicted molar refractivity (Wildman–Crippen MR) is 99.9 cm³/mol. The minimum Gasteiger partial charge on any atom is -0.459 e. The number of furan rings is 1. The molecule has 1 heterocycles. The summed E-state index contributed by atoms with van der Waals surface area (Å²) >= 11 is 0. The van der Waals surface area contributed by atoms with Crippen molar-refractivity contribution in [2.24, 2.45) is 4.36 Å². The topological polar surface area (TPSA) is 42.6 Å². The third-order valence-corrected chi connectivity index (χ3v) is 6.32. The van der Waals surface area contributed by atoms with E-state index in [1.807, 2.05) is 91.0 Å². The van der Waals surface area contributed by atoms with Gasteiger partial charge in [-0.25, -0.2) is 8.57 Å². The molecule has 0 bridgehead atoms. The van der Waals surface area contributed by atoms with Gasteiger partial charge in [0.15, 0.2) is 0 Å². The van der Waals surface area contributed by atoms with E-state index in [-0.39, 0.29) is 6.54 Å². The van der Waals surface area contributed by atoms with E-state index in [0.29, 0.717) is 15.6 Å². The number of hydrogen-bond donors (Lipinski definition) is 0. The molecule has 4 heteroatoms. The van der Waals surface area contributed by atoms with Crippen molar-refractivity contribution in [1.29, 1.82) is 0 Å². The molecule has 0 aliphatic heterocycles. The lowest BCUT2D eigenvalue weighted by molar-refractivity contribution is 0.553. The Morgan fingerprint density at radius 2 is 1.32 bits per heavy atom. The summed E-state index contributed by atoms with van der Waals surface area (Å²) in [6, 6.07) is 28.6. The highest BCUT2D eigenvalue weighted by atomic mass is 32.2. The summed E-state index contributed by atoms with van der Waals surface area (Å²) in [5, 5.41) is 1.03. The molecule has 0 aliphatic carbocycles. The lowest BCUT2D eigenvalue weighted by Crippen LogP contribution is -2.02. The Balaban J connectivity index is 1.80. The average molecular weight is 347 g/mol. The zero-order chi connectivity index (χ0) is 17.1. The highest BCUT2D eigenvalue weighted by Gasteiger charge is 2.15. The Labute approximate surface area is 147 Å². The molecule has 3 aromatic carbocycles. The van der Waals surface area contributed by atoms with Crippen LogP contribution in [0.25, 0.3) is 11.0 Å². The van der Waals surface area contributed by atoms with Crippen LogP contribution in [0, 0.1) is 0 Å². The van der Waals surface area contributed by atoms with E-state index in [1.54, 1.807) is 0 Å². The molecule has 3 nitrogen and oxygen atoms in total. The van der Waals surface area contributed by atoms with Crippen molar-refractivity contribution in [3.8, 4) is 0 Å². The Morgan fingerprint density at radius 1 is 0.760 bits per heavy atom. The lowest BCUT2D eigenvalue weighted by Gasteiger charge is -2.10. The second kappa shape index (κ2) is 6.57. The van der Waals surface area contributed by atoms with E-state index in [0.717, 1.165) is 11.0 Å². The molecule has 0 aliphatic rings. The standard InChI is InChI=1S/C21H17NO2S/c23-25(19-10-3-1-4-11-19,20-12-5-2-6-13-20)22-16-18-15-17-9-7-8-14-21(17)24-18/h1-15H,16H2. The molecule has 25 heavy (non-hydrogen) atoms. The molecule has 0 radical (unpaired) electrons. The van der Waals surface area contributed by atoms with Crippen LogP contribution in [0.1, 0.15) is 5.76 Å². The Morgan fingerprint density at radius 3 is 1.92 bits per heavy atom. The van der Waals surface area contributed by atoms with Crippen LogP contribution >= 0.6 is 0 Å². The van der Waals surface area contributed by atoms with Gasteiger partial charge in [-0.3, -0.25) is 0 Å². The van der Waals surface area contributed by atoms with Crippen LogP contribution in [0.3, 0.4) is 0 Å². The van der Waals surface area contributed by atoms with Crippen molar-refractivity contribution in [3.63, 3.8) is 0 Å². The van der Waals surface area contributed by atoms with Crippen LogP contribution in [0.2, 0.25) is 0 Å². The van der Waals surface area contributed by atoms with E-state index >= 15 is 0 Å². The molecule has 0 saturated heterocycles. The fraction of sp³-hybridized carbons (Fsp3) is 0.0476. The van der Waals surface area contributed by atoms with Gasteiger partial charge in [0.2, 0.25) is 0 Å². The van der Waals surface area contributed by atoms with Crippen molar-refractivity contribution in [1.82, 2.24) is 0 Å². The summed E-state index contributed by atoms with van der Waals surface area (Å²) in [5.74, 6) is 0.709. The van der Waals surface area contributed by atoms with Gasteiger partial charge >= 0.3 is 0 Å². The molecule has 0 fully saturated rings. The van der Waals surface area contributed by atoms with Crippen molar-refractivity contribution >= 4 is 20.7 Å². The quantitative estimate of drug-likeness (QED) is 0.488. The van der Waals surface area contributed by atoms with Crippen molar-refractivity contribution in [2.45, 2.75) is 16.3 Å². The second-order valence-corrected chi connectivity index (χ2v) is 7.94. The van der Waals surface area contributed by atoms with E-state index in [4.69, 9.17) is 4.42 Å². The van der Waals surface area contributed by atoms with Crippen molar-refractivity contribution in [2.75, 3.05) is 0 Å². The lowest BCUT2D eigenvalue weighted by atomic mass is 10.2. The molecular weight excluding hydrogens is 330 g/mol. The van der Waals surface area contributed by atoms with E-state index in [2.05, 4.69) is 4.36 Å². The SMILES string of the molecule is O=S(=NCc1cc2ccccc2o1)(c1ccccc1)c1ccccc1. The van der Waals surface area contributed by atoms with Gasteiger partial charge in [-0.05, 0) is 36.4 Å². The fourth-order valence-electron chi connectivity index (χ4n) is 2.76. The average Bonchev–Trinajstić information content (AvgIpc) is 3.10. The van der Waals surface area contributed by atoms with Gasteiger partial charge < -0.3 is 4.42 Å². The van der Waals surface area contributed by atoms with E-state index in [9.17, 15) is 4.21 Å². The molecule has 124 valence electrons. The van der Waals surface area contributed by atoms with Gasteiger partial charge in [-0.2, -0.15) is 0 Å². The molecular formula is C21H17NO2S. The largest absolute Gasteiger partial charge is 0.459 e. The first kappa shape index (κ1) is 15.7. The van der Waals surface area contributed by atoms with Crippen LogP contribution in [-0.4, -0.2) is 4.21 Å². The van der Waals surface area contributed by atoms with Gasteiger partial charge in [0.25, 0.3) is 0 Å². The van der Waals surface area contributed by atoms with Gasteiger partial charge in [0.05, 0.1) is 9.79 Å². The molecule has 0 atom stereocenters. The Hall–Kier alpha value is -2.85. The molecule has 0 N–H and O–H groups in total. The summed E-state index contributed by atoms with van der Waals surface area (Å²) in [6.45, 7) is 0.261. The van der Waals surface area contributed by atoms with Crippen LogP contribution in [0.15, 0.2) is 110 Å². The minimum absolute atomic E-state index is 0.261. The van der Waals surface area contributed by atoms with Gasteiger partial charge in [0, 0.05) is 5.39 Å². The molecule has 0 amide bonds. The molecule has 1 aromatic heterocycles. The summed E-state index contributed by atoms with van der Waals surface area (Å²) in [4.78, 5) is 1.41. The molecule has 0 unspecified atom stereocenters. The fourth-order valence-corrected chi connectivity index (χ4v) is 4.70. The van der Waals surface area contributed by atoms with Crippen LogP contribution in [0.5, 0.6) is 0 Å². The number of benzene rings is 3. The summed E-state index contributed by atoms with van der Waals surface area (Å²) < 4.78 is 24.2.